The smallest absolute Gasteiger partial charge is 0.255 e. The minimum atomic E-state index is -0.580. The maximum absolute atomic E-state index is 12.8. The maximum atomic E-state index is 12.8. The number of phenolic OH excluding ortho intramolecular Hbond substituents is 1. The second-order valence-corrected chi connectivity index (χ2v) is 4.07. The van der Waals surface area contributed by atoms with Gasteiger partial charge in [0.05, 0.1) is 18.3 Å². The fourth-order valence-electron chi connectivity index (χ4n) is 1.75. The molecule has 1 aliphatic heterocycles. The molecule has 1 aromatic rings. The lowest BCUT2D eigenvalue weighted by atomic mass is 10.2. The van der Waals surface area contributed by atoms with Crippen molar-refractivity contribution in [2.24, 2.45) is 0 Å². The molecule has 0 saturated carbocycles. The van der Waals surface area contributed by atoms with Crippen LogP contribution >= 0.6 is 0 Å². The summed E-state index contributed by atoms with van der Waals surface area (Å²) in [5, 5.41) is 15.2. The minimum absolute atomic E-state index is 0.0557. The Bertz CT molecular complexity index is 433. The lowest BCUT2D eigenvalue weighted by Gasteiger charge is -2.23. The molecule has 1 fully saturated rings. The molecular formula is C12H15FN2O3. The van der Waals surface area contributed by atoms with Crippen LogP contribution in [0.15, 0.2) is 18.2 Å². The van der Waals surface area contributed by atoms with Crippen LogP contribution in [0.1, 0.15) is 10.4 Å². The highest BCUT2D eigenvalue weighted by Gasteiger charge is 2.16. The summed E-state index contributed by atoms with van der Waals surface area (Å²) in [6.07, 6.45) is -0.0784. The van der Waals surface area contributed by atoms with Crippen LogP contribution in [-0.4, -0.2) is 43.4 Å². The maximum Gasteiger partial charge on any atom is 0.255 e. The molecule has 1 saturated heterocycles. The molecule has 1 amide bonds. The standard InChI is InChI=1S/C12H15FN2O3/c13-8-1-2-10(11(16)5-8)12(17)15-7-9-6-14-3-4-18-9/h1-2,5,9,14,16H,3-4,6-7H2,(H,15,17). The molecule has 1 aromatic carbocycles. The van der Waals surface area contributed by atoms with Crippen molar-refractivity contribution in [1.82, 2.24) is 10.6 Å². The van der Waals surface area contributed by atoms with Crippen LogP contribution in [0.5, 0.6) is 5.75 Å². The van der Waals surface area contributed by atoms with E-state index in [0.717, 1.165) is 18.7 Å². The fourth-order valence-corrected chi connectivity index (χ4v) is 1.75. The van der Waals surface area contributed by atoms with Crippen molar-refractivity contribution in [3.63, 3.8) is 0 Å². The van der Waals surface area contributed by atoms with E-state index in [-0.39, 0.29) is 17.4 Å². The van der Waals surface area contributed by atoms with E-state index in [1.54, 1.807) is 0 Å². The van der Waals surface area contributed by atoms with Crippen molar-refractivity contribution in [1.29, 1.82) is 0 Å². The largest absolute Gasteiger partial charge is 0.507 e. The number of ether oxygens (including phenoxy) is 1. The van der Waals surface area contributed by atoms with Gasteiger partial charge in [-0.25, -0.2) is 4.39 Å². The Morgan fingerprint density at radius 1 is 1.61 bits per heavy atom. The van der Waals surface area contributed by atoms with Gasteiger partial charge in [0.1, 0.15) is 11.6 Å². The van der Waals surface area contributed by atoms with Crippen LogP contribution in [-0.2, 0) is 4.74 Å². The van der Waals surface area contributed by atoms with E-state index >= 15 is 0 Å². The summed E-state index contributed by atoms with van der Waals surface area (Å²) in [4.78, 5) is 11.7. The van der Waals surface area contributed by atoms with Gasteiger partial charge in [-0.05, 0) is 12.1 Å². The molecule has 1 unspecified atom stereocenters. The SMILES string of the molecule is O=C(NCC1CNCCO1)c1ccc(F)cc1O. The first-order valence-electron chi connectivity index (χ1n) is 5.76. The molecule has 1 heterocycles. The van der Waals surface area contributed by atoms with Gasteiger partial charge in [0.2, 0.25) is 0 Å². The molecule has 0 aromatic heterocycles. The molecule has 6 heteroatoms. The second kappa shape index (κ2) is 5.79. The molecule has 3 N–H and O–H groups in total. The molecule has 0 aliphatic carbocycles. The third-order valence-electron chi connectivity index (χ3n) is 2.70. The third kappa shape index (κ3) is 3.18. The molecule has 1 aliphatic rings. The predicted molar refractivity (Wildman–Crippen MR) is 63.0 cm³/mol. The van der Waals surface area contributed by atoms with Gasteiger partial charge in [-0.3, -0.25) is 4.79 Å². The van der Waals surface area contributed by atoms with Gasteiger partial charge in [0.25, 0.3) is 5.91 Å². The van der Waals surface area contributed by atoms with Gasteiger partial charge in [0.15, 0.2) is 0 Å². The van der Waals surface area contributed by atoms with E-state index in [1.807, 2.05) is 0 Å². The lowest BCUT2D eigenvalue weighted by Crippen LogP contribution is -2.45. The minimum Gasteiger partial charge on any atom is -0.507 e. The Balaban J connectivity index is 1.90. The Morgan fingerprint density at radius 3 is 3.11 bits per heavy atom. The van der Waals surface area contributed by atoms with Crippen LogP contribution in [0.3, 0.4) is 0 Å². The molecule has 0 spiro atoms. The van der Waals surface area contributed by atoms with Crippen LogP contribution in [0, 0.1) is 5.82 Å². The first kappa shape index (κ1) is 12.8. The topological polar surface area (TPSA) is 70.6 Å². The van der Waals surface area contributed by atoms with Gasteiger partial charge in [-0.15, -0.1) is 0 Å². The molecule has 5 nitrogen and oxygen atoms in total. The number of aromatic hydroxyl groups is 1. The predicted octanol–water partition coefficient (Wildman–Crippen LogP) is 0.250. The third-order valence-corrected chi connectivity index (χ3v) is 2.70. The zero-order chi connectivity index (χ0) is 13.0. The van der Waals surface area contributed by atoms with Crippen LogP contribution in [0.2, 0.25) is 0 Å². The van der Waals surface area contributed by atoms with Gasteiger partial charge in [-0.1, -0.05) is 0 Å². The average molecular weight is 254 g/mol. The molecule has 0 radical (unpaired) electrons. The number of amides is 1. The van der Waals surface area contributed by atoms with E-state index < -0.39 is 11.7 Å². The number of carbonyl (C=O) groups is 1. The Hall–Kier alpha value is -1.66. The second-order valence-electron chi connectivity index (χ2n) is 4.07. The summed E-state index contributed by atoms with van der Waals surface area (Å²) >= 11 is 0. The Morgan fingerprint density at radius 2 is 2.44 bits per heavy atom. The number of hydrogen-bond acceptors (Lipinski definition) is 4. The van der Waals surface area contributed by atoms with E-state index in [1.165, 1.54) is 6.07 Å². The first-order chi connectivity index (χ1) is 8.66. The summed E-state index contributed by atoms with van der Waals surface area (Å²) in [6, 6.07) is 3.29. The van der Waals surface area contributed by atoms with Crippen molar-refractivity contribution in [2.45, 2.75) is 6.10 Å². The zero-order valence-corrected chi connectivity index (χ0v) is 9.78. The number of phenols is 1. The highest BCUT2D eigenvalue weighted by atomic mass is 19.1. The van der Waals surface area contributed by atoms with Crippen molar-refractivity contribution >= 4 is 5.91 Å². The number of halogens is 1. The van der Waals surface area contributed by atoms with E-state index in [9.17, 15) is 14.3 Å². The normalized spacial score (nSPS) is 19.5. The van der Waals surface area contributed by atoms with Crippen molar-refractivity contribution in [3.8, 4) is 5.75 Å². The number of nitrogens with one attached hydrogen (secondary N) is 2. The van der Waals surface area contributed by atoms with Crippen molar-refractivity contribution in [2.75, 3.05) is 26.2 Å². The Kier molecular flexibility index (Phi) is 4.11. The number of hydrogen-bond donors (Lipinski definition) is 3. The van der Waals surface area contributed by atoms with Crippen molar-refractivity contribution < 1.29 is 19.0 Å². The fraction of sp³-hybridized carbons (Fsp3) is 0.417. The summed E-state index contributed by atoms with van der Waals surface area (Å²) in [5.41, 5.74) is 0.0557. The van der Waals surface area contributed by atoms with E-state index in [2.05, 4.69) is 10.6 Å². The summed E-state index contributed by atoms with van der Waals surface area (Å²) in [7, 11) is 0. The molecule has 18 heavy (non-hydrogen) atoms. The van der Waals surface area contributed by atoms with Gasteiger partial charge >= 0.3 is 0 Å². The molecule has 1 atom stereocenters. The van der Waals surface area contributed by atoms with Gasteiger partial charge in [0, 0.05) is 25.7 Å². The molecule has 2 rings (SSSR count). The zero-order valence-electron chi connectivity index (χ0n) is 9.78. The van der Waals surface area contributed by atoms with E-state index in [4.69, 9.17) is 4.74 Å². The lowest BCUT2D eigenvalue weighted by molar-refractivity contribution is 0.0287. The number of benzene rings is 1. The van der Waals surface area contributed by atoms with Gasteiger partial charge in [-0.2, -0.15) is 0 Å². The van der Waals surface area contributed by atoms with Crippen LogP contribution < -0.4 is 10.6 Å². The molecule has 0 bridgehead atoms. The Labute approximate surface area is 104 Å². The average Bonchev–Trinajstić information content (AvgIpc) is 2.37. The highest BCUT2D eigenvalue weighted by Crippen LogP contribution is 2.17. The summed E-state index contributed by atoms with van der Waals surface area (Å²) in [6.45, 7) is 2.45. The first-order valence-corrected chi connectivity index (χ1v) is 5.76. The number of morpholine rings is 1. The number of carbonyl (C=O) groups excluding carboxylic acids is 1. The monoisotopic (exact) mass is 254 g/mol. The number of rotatable bonds is 3. The van der Waals surface area contributed by atoms with Crippen LogP contribution in [0.4, 0.5) is 4.39 Å². The summed E-state index contributed by atoms with van der Waals surface area (Å²) in [5.74, 6) is -1.39. The molecule has 98 valence electrons. The van der Waals surface area contributed by atoms with Crippen LogP contribution in [0.25, 0.3) is 0 Å². The quantitative estimate of drug-likeness (QED) is 0.723. The van der Waals surface area contributed by atoms with Gasteiger partial charge < -0.3 is 20.5 Å². The highest BCUT2D eigenvalue weighted by molar-refractivity contribution is 5.96. The van der Waals surface area contributed by atoms with E-state index in [0.29, 0.717) is 19.7 Å². The molecular weight excluding hydrogens is 239 g/mol. The van der Waals surface area contributed by atoms with Crippen molar-refractivity contribution in [3.05, 3.63) is 29.6 Å². The summed E-state index contributed by atoms with van der Waals surface area (Å²) < 4.78 is 18.2.